The van der Waals surface area contributed by atoms with Crippen molar-refractivity contribution in [3.63, 3.8) is 0 Å². The Morgan fingerprint density at radius 2 is 1.50 bits per heavy atom. The summed E-state index contributed by atoms with van der Waals surface area (Å²) >= 11 is 0. The van der Waals surface area contributed by atoms with E-state index in [0.29, 0.717) is 0 Å². The molecule has 0 atom stereocenters. The van der Waals surface area contributed by atoms with Gasteiger partial charge in [-0.1, -0.05) is 56.1 Å². The van der Waals surface area contributed by atoms with Crippen molar-refractivity contribution in [3.8, 4) is 11.8 Å². The normalized spacial score (nSPS) is 34.2. The SMILES string of the molecule is C(#Cc1ccc(C2C3CC4CC(C3)CC2C4)cc1)CNCCC1CCCCC1. The smallest absolute Gasteiger partial charge is 0.0580 e. The standard InChI is InChI=1S/C27H37N/c1-2-5-20(6-3-1)12-14-28-13-4-7-21-8-10-24(11-9-21)27-25-16-22-15-23(18-25)19-26(27)17-22/h8-11,20,22-23,25-28H,1-3,5-6,12-19H2. The zero-order valence-electron chi connectivity index (χ0n) is 17.5. The number of hydrogen-bond acceptors (Lipinski definition) is 1. The zero-order chi connectivity index (χ0) is 18.8. The Morgan fingerprint density at radius 3 is 2.18 bits per heavy atom. The van der Waals surface area contributed by atoms with Crippen LogP contribution in [-0.2, 0) is 0 Å². The molecule has 4 bridgehead atoms. The summed E-state index contributed by atoms with van der Waals surface area (Å²) in [6.07, 6.45) is 16.2. The summed E-state index contributed by atoms with van der Waals surface area (Å²) in [5, 5.41) is 3.53. The summed E-state index contributed by atoms with van der Waals surface area (Å²) in [6.45, 7) is 1.95. The van der Waals surface area contributed by atoms with Crippen molar-refractivity contribution in [2.75, 3.05) is 13.1 Å². The number of hydrogen-bond donors (Lipinski definition) is 1. The molecule has 0 heterocycles. The van der Waals surface area contributed by atoms with Gasteiger partial charge in [0.05, 0.1) is 6.54 Å². The van der Waals surface area contributed by atoms with Crippen molar-refractivity contribution >= 4 is 0 Å². The lowest BCUT2D eigenvalue weighted by Gasteiger charge is -2.54. The third kappa shape index (κ3) is 4.18. The zero-order valence-corrected chi connectivity index (χ0v) is 17.5. The van der Waals surface area contributed by atoms with E-state index < -0.39 is 0 Å². The van der Waals surface area contributed by atoms with E-state index in [0.717, 1.165) is 48.6 Å². The fourth-order valence-corrected chi connectivity index (χ4v) is 7.34. The lowest BCUT2D eigenvalue weighted by Crippen LogP contribution is -2.43. The van der Waals surface area contributed by atoms with Crippen molar-refractivity contribution in [2.45, 2.75) is 76.5 Å². The Balaban J connectivity index is 1.10. The van der Waals surface area contributed by atoms with Gasteiger partial charge in [-0.15, -0.1) is 0 Å². The van der Waals surface area contributed by atoms with Crippen LogP contribution < -0.4 is 5.32 Å². The molecule has 5 fully saturated rings. The minimum atomic E-state index is 0.823. The second-order valence-corrected chi connectivity index (χ2v) is 10.3. The maximum atomic E-state index is 3.53. The van der Waals surface area contributed by atoms with E-state index in [1.807, 2.05) is 0 Å². The summed E-state index contributed by atoms with van der Waals surface area (Å²) in [5.74, 6) is 12.6. The Hall–Kier alpha value is -1.26. The van der Waals surface area contributed by atoms with E-state index in [9.17, 15) is 0 Å². The number of rotatable bonds is 5. The first-order valence-corrected chi connectivity index (χ1v) is 12.1. The van der Waals surface area contributed by atoms with Gasteiger partial charge in [0.25, 0.3) is 0 Å². The van der Waals surface area contributed by atoms with Crippen LogP contribution in [0.1, 0.15) is 87.7 Å². The molecule has 1 aromatic rings. The molecule has 0 radical (unpaired) electrons. The lowest BCUT2D eigenvalue weighted by atomic mass is 9.51. The van der Waals surface area contributed by atoms with Crippen molar-refractivity contribution in [1.29, 1.82) is 0 Å². The van der Waals surface area contributed by atoms with Crippen LogP contribution in [0.4, 0.5) is 0 Å². The summed E-state index contributed by atoms with van der Waals surface area (Å²) in [7, 11) is 0. The van der Waals surface area contributed by atoms with Gasteiger partial charge in [0.2, 0.25) is 0 Å². The van der Waals surface area contributed by atoms with Crippen LogP contribution in [0, 0.1) is 41.4 Å². The molecular formula is C27H37N. The first-order valence-electron chi connectivity index (χ1n) is 12.1. The lowest BCUT2D eigenvalue weighted by molar-refractivity contribution is -0.00277. The molecule has 0 spiro atoms. The second-order valence-electron chi connectivity index (χ2n) is 10.3. The van der Waals surface area contributed by atoms with Crippen molar-refractivity contribution in [1.82, 2.24) is 5.32 Å². The van der Waals surface area contributed by atoms with E-state index >= 15 is 0 Å². The average molecular weight is 376 g/mol. The first-order chi connectivity index (χ1) is 13.8. The van der Waals surface area contributed by atoms with Gasteiger partial charge in [-0.25, -0.2) is 0 Å². The van der Waals surface area contributed by atoms with Crippen LogP contribution in [-0.4, -0.2) is 13.1 Å². The van der Waals surface area contributed by atoms with E-state index in [4.69, 9.17) is 0 Å². The van der Waals surface area contributed by atoms with Crippen LogP contribution >= 0.6 is 0 Å². The van der Waals surface area contributed by atoms with Gasteiger partial charge >= 0.3 is 0 Å². The van der Waals surface area contributed by atoms with Crippen LogP contribution in [0.5, 0.6) is 0 Å². The highest BCUT2D eigenvalue weighted by Crippen LogP contribution is 2.59. The predicted molar refractivity (Wildman–Crippen MR) is 117 cm³/mol. The Kier molecular flexibility index (Phi) is 5.77. The van der Waals surface area contributed by atoms with Crippen LogP contribution in [0.15, 0.2) is 24.3 Å². The van der Waals surface area contributed by atoms with Gasteiger partial charge in [0.15, 0.2) is 0 Å². The molecule has 28 heavy (non-hydrogen) atoms. The van der Waals surface area contributed by atoms with Gasteiger partial charge in [-0.05, 0) is 98.3 Å². The van der Waals surface area contributed by atoms with E-state index in [-0.39, 0.29) is 0 Å². The molecular weight excluding hydrogens is 338 g/mol. The monoisotopic (exact) mass is 375 g/mol. The molecule has 0 aromatic heterocycles. The molecule has 6 rings (SSSR count). The highest BCUT2D eigenvalue weighted by Gasteiger charge is 2.48. The maximum Gasteiger partial charge on any atom is 0.0580 e. The number of benzene rings is 1. The quantitative estimate of drug-likeness (QED) is 0.481. The Labute approximate surface area is 172 Å². The molecule has 0 amide bonds. The highest BCUT2D eigenvalue weighted by molar-refractivity contribution is 5.38. The fraction of sp³-hybridized carbons (Fsp3) is 0.704. The highest BCUT2D eigenvalue weighted by atomic mass is 14.8. The third-order valence-electron chi connectivity index (χ3n) is 8.42. The largest absolute Gasteiger partial charge is 0.306 e. The molecule has 1 aromatic carbocycles. The minimum Gasteiger partial charge on any atom is -0.306 e. The van der Waals surface area contributed by atoms with Gasteiger partial charge in [-0.2, -0.15) is 0 Å². The summed E-state index contributed by atoms with van der Waals surface area (Å²) in [5.41, 5.74) is 2.78. The molecule has 1 nitrogen and oxygen atoms in total. The van der Waals surface area contributed by atoms with Crippen LogP contribution in [0.25, 0.3) is 0 Å². The van der Waals surface area contributed by atoms with Crippen LogP contribution in [0.3, 0.4) is 0 Å². The predicted octanol–water partition coefficient (Wildman–Crippen LogP) is 6.14. The molecule has 0 unspecified atom stereocenters. The Morgan fingerprint density at radius 1 is 0.821 bits per heavy atom. The average Bonchev–Trinajstić information content (AvgIpc) is 2.71. The van der Waals surface area contributed by atoms with Gasteiger partial charge < -0.3 is 5.32 Å². The number of nitrogens with one attached hydrogen (secondary N) is 1. The molecule has 1 heteroatoms. The molecule has 0 aliphatic heterocycles. The Bertz CT molecular complexity index is 672. The minimum absolute atomic E-state index is 0.823. The summed E-state index contributed by atoms with van der Waals surface area (Å²) < 4.78 is 0. The van der Waals surface area contributed by atoms with E-state index in [2.05, 4.69) is 41.4 Å². The molecule has 0 saturated heterocycles. The summed E-state index contributed by atoms with van der Waals surface area (Å²) in [4.78, 5) is 0. The van der Waals surface area contributed by atoms with Gasteiger partial charge in [0.1, 0.15) is 0 Å². The van der Waals surface area contributed by atoms with Crippen LogP contribution in [0.2, 0.25) is 0 Å². The topological polar surface area (TPSA) is 12.0 Å². The molecule has 5 aliphatic carbocycles. The third-order valence-corrected chi connectivity index (χ3v) is 8.42. The molecule has 5 aliphatic rings. The van der Waals surface area contributed by atoms with Crippen molar-refractivity contribution in [2.24, 2.45) is 29.6 Å². The maximum absolute atomic E-state index is 3.53. The molecule has 1 N–H and O–H groups in total. The van der Waals surface area contributed by atoms with Gasteiger partial charge in [0, 0.05) is 5.56 Å². The summed E-state index contributed by atoms with van der Waals surface area (Å²) in [6, 6.07) is 9.34. The van der Waals surface area contributed by atoms with Crippen molar-refractivity contribution in [3.05, 3.63) is 35.4 Å². The van der Waals surface area contributed by atoms with Gasteiger partial charge in [-0.3, -0.25) is 0 Å². The second kappa shape index (κ2) is 8.62. The molecule has 150 valence electrons. The van der Waals surface area contributed by atoms with E-state index in [1.54, 1.807) is 12.0 Å². The van der Waals surface area contributed by atoms with E-state index in [1.165, 1.54) is 69.8 Å². The van der Waals surface area contributed by atoms with Crippen molar-refractivity contribution < 1.29 is 0 Å². The molecule has 5 saturated carbocycles. The first kappa shape index (κ1) is 18.7. The fourth-order valence-electron chi connectivity index (χ4n) is 7.34.